The maximum Gasteiger partial charge on any atom is 0.303 e. The number of ether oxygens (including phenoxy) is 2. The number of carboxylic acids is 1. The number of aromatic nitrogens is 1. The molecule has 0 unspecified atom stereocenters. The second kappa shape index (κ2) is 11.2. The third-order valence-corrected chi connectivity index (χ3v) is 6.08. The van der Waals surface area contributed by atoms with Crippen molar-refractivity contribution in [3.05, 3.63) is 52.0 Å². The van der Waals surface area contributed by atoms with Crippen molar-refractivity contribution in [2.24, 2.45) is 0 Å². The minimum absolute atomic E-state index is 0.0261. The highest BCUT2D eigenvalue weighted by Gasteiger charge is 2.16. The zero-order chi connectivity index (χ0) is 24.0. The summed E-state index contributed by atoms with van der Waals surface area (Å²) in [6.07, 6.45) is 2.15. The number of hydrogen-bond acceptors (Lipinski definition) is 6. The minimum Gasteiger partial charge on any atom is -0.490 e. The van der Waals surface area contributed by atoms with Gasteiger partial charge in [0.2, 0.25) is 0 Å². The van der Waals surface area contributed by atoms with E-state index in [1.165, 1.54) is 16.2 Å². The van der Waals surface area contributed by atoms with E-state index in [4.69, 9.17) is 21.1 Å². The SMILES string of the molecule is CCOc1cc(/C=C(\CCC(=O)O)c2nc3ccccc3s2)cc(Cl)c1OCC(=O)N(C)C. The number of carbonyl (C=O) groups excluding carboxylic acids is 1. The highest BCUT2D eigenvalue weighted by atomic mass is 35.5. The quantitative estimate of drug-likeness (QED) is 0.421. The van der Waals surface area contributed by atoms with Gasteiger partial charge in [-0.15, -0.1) is 11.3 Å². The molecule has 7 nitrogen and oxygen atoms in total. The summed E-state index contributed by atoms with van der Waals surface area (Å²) in [6.45, 7) is 2.05. The number of carbonyl (C=O) groups is 2. The van der Waals surface area contributed by atoms with Gasteiger partial charge in [0.05, 0.1) is 21.8 Å². The van der Waals surface area contributed by atoms with Crippen molar-refractivity contribution in [1.82, 2.24) is 9.88 Å². The first-order valence-electron chi connectivity index (χ1n) is 10.4. The molecule has 3 aromatic rings. The number of para-hydroxylation sites is 1. The fourth-order valence-corrected chi connectivity index (χ4v) is 4.31. The molecule has 0 aliphatic rings. The van der Waals surface area contributed by atoms with Crippen LogP contribution in [0.2, 0.25) is 5.02 Å². The molecule has 0 aliphatic heterocycles. The first kappa shape index (κ1) is 24.5. The maximum atomic E-state index is 11.9. The van der Waals surface area contributed by atoms with Crippen molar-refractivity contribution >= 4 is 56.7 Å². The lowest BCUT2D eigenvalue weighted by atomic mass is 10.1. The van der Waals surface area contributed by atoms with Crippen LogP contribution in [-0.2, 0) is 9.59 Å². The third-order valence-electron chi connectivity index (χ3n) is 4.69. The summed E-state index contributed by atoms with van der Waals surface area (Å²) in [4.78, 5) is 29.3. The van der Waals surface area contributed by atoms with E-state index in [9.17, 15) is 14.7 Å². The summed E-state index contributed by atoms with van der Waals surface area (Å²) >= 11 is 8.00. The van der Waals surface area contributed by atoms with Gasteiger partial charge in [-0.25, -0.2) is 4.98 Å². The number of fused-ring (bicyclic) bond motifs is 1. The molecule has 0 bridgehead atoms. The average molecular weight is 489 g/mol. The topological polar surface area (TPSA) is 89.0 Å². The summed E-state index contributed by atoms with van der Waals surface area (Å²) in [7, 11) is 3.29. The van der Waals surface area contributed by atoms with Crippen LogP contribution in [0.1, 0.15) is 30.3 Å². The largest absolute Gasteiger partial charge is 0.490 e. The number of amides is 1. The van der Waals surface area contributed by atoms with Crippen molar-refractivity contribution in [1.29, 1.82) is 0 Å². The van der Waals surface area contributed by atoms with E-state index < -0.39 is 5.97 Å². The molecule has 9 heteroatoms. The summed E-state index contributed by atoms with van der Waals surface area (Å²) in [5, 5.41) is 10.3. The number of aliphatic carboxylic acids is 1. The van der Waals surface area contributed by atoms with Gasteiger partial charge in [-0.05, 0) is 54.8 Å². The van der Waals surface area contributed by atoms with E-state index in [2.05, 4.69) is 4.98 Å². The fourth-order valence-electron chi connectivity index (χ4n) is 3.03. The van der Waals surface area contributed by atoms with Crippen LogP contribution < -0.4 is 9.47 Å². The van der Waals surface area contributed by atoms with Crippen LogP contribution in [0.4, 0.5) is 0 Å². The number of likely N-dealkylation sites (N-methyl/N-ethyl adjacent to an activating group) is 1. The molecule has 1 amide bonds. The molecule has 3 rings (SSSR count). The first-order chi connectivity index (χ1) is 15.8. The lowest BCUT2D eigenvalue weighted by Crippen LogP contribution is -2.27. The Kier molecular flexibility index (Phi) is 8.30. The molecule has 174 valence electrons. The van der Waals surface area contributed by atoms with Gasteiger partial charge >= 0.3 is 5.97 Å². The zero-order valence-corrected chi connectivity index (χ0v) is 20.2. The van der Waals surface area contributed by atoms with Crippen LogP contribution in [0.25, 0.3) is 21.9 Å². The van der Waals surface area contributed by atoms with E-state index in [1.54, 1.807) is 26.2 Å². The minimum atomic E-state index is -0.885. The van der Waals surface area contributed by atoms with Gasteiger partial charge in [0, 0.05) is 20.5 Å². The molecule has 0 fully saturated rings. The van der Waals surface area contributed by atoms with Gasteiger partial charge in [-0.3, -0.25) is 9.59 Å². The Morgan fingerprint density at radius 3 is 2.61 bits per heavy atom. The van der Waals surface area contributed by atoms with E-state index in [1.807, 2.05) is 37.3 Å². The number of nitrogens with zero attached hydrogens (tertiary/aromatic N) is 2. The van der Waals surface area contributed by atoms with Crippen molar-refractivity contribution in [3.8, 4) is 11.5 Å². The van der Waals surface area contributed by atoms with Gasteiger partial charge in [0.25, 0.3) is 5.91 Å². The number of rotatable bonds is 10. The van der Waals surface area contributed by atoms with Gasteiger partial charge in [-0.1, -0.05) is 23.7 Å². The van der Waals surface area contributed by atoms with Crippen LogP contribution in [0, 0.1) is 0 Å². The van der Waals surface area contributed by atoms with Crippen molar-refractivity contribution in [2.75, 3.05) is 27.3 Å². The summed E-state index contributed by atoms with van der Waals surface area (Å²) < 4.78 is 12.4. The molecule has 0 atom stereocenters. The summed E-state index contributed by atoms with van der Waals surface area (Å²) in [5.74, 6) is -0.392. The molecular formula is C24H25ClN2O5S. The standard InChI is InChI=1S/C24H25ClN2O5S/c1-4-31-19-13-15(12-17(25)23(19)32-14-21(28)27(2)3)11-16(9-10-22(29)30)24-26-18-7-5-6-8-20(18)33-24/h5-8,11-13H,4,9-10,14H2,1-3H3,(H,29,30)/b16-11+. The molecule has 1 heterocycles. The molecule has 33 heavy (non-hydrogen) atoms. The van der Waals surface area contributed by atoms with Crippen molar-refractivity contribution in [3.63, 3.8) is 0 Å². The number of allylic oxidation sites excluding steroid dienone is 1. The first-order valence-corrected chi connectivity index (χ1v) is 11.6. The van der Waals surface area contributed by atoms with Crippen LogP contribution in [0.3, 0.4) is 0 Å². The van der Waals surface area contributed by atoms with Crippen LogP contribution in [0.5, 0.6) is 11.5 Å². The predicted octanol–water partition coefficient (Wildman–Crippen LogP) is 5.22. The lowest BCUT2D eigenvalue weighted by molar-refractivity contribution is -0.137. The van der Waals surface area contributed by atoms with Gasteiger partial charge in [0.1, 0.15) is 5.01 Å². The molecule has 0 saturated heterocycles. The van der Waals surface area contributed by atoms with E-state index in [0.29, 0.717) is 23.8 Å². The molecule has 0 radical (unpaired) electrons. The number of hydrogen-bond donors (Lipinski definition) is 1. The van der Waals surface area contributed by atoms with Crippen LogP contribution in [-0.4, -0.2) is 54.2 Å². The monoisotopic (exact) mass is 488 g/mol. The van der Waals surface area contributed by atoms with Crippen molar-refractivity contribution < 1.29 is 24.2 Å². The second-order valence-corrected chi connectivity index (χ2v) is 8.83. The van der Waals surface area contributed by atoms with Crippen LogP contribution in [0.15, 0.2) is 36.4 Å². The Morgan fingerprint density at radius 2 is 1.94 bits per heavy atom. The lowest BCUT2D eigenvalue weighted by Gasteiger charge is -2.16. The van der Waals surface area contributed by atoms with E-state index >= 15 is 0 Å². The van der Waals surface area contributed by atoms with Gasteiger partial charge < -0.3 is 19.5 Å². The smallest absolute Gasteiger partial charge is 0.303 e. The highest BCUT2D eigenvalue weighted by molar-refractivity contribution is 7.19. The normalized spacial score (nSPS) is 11.5. The third kappa shape index (κ3) is 6.46. The molecule has 1 N–H and O–H groups in total. The number of halogens is 1. The fraction of sp³-hybridized carbons (Fsp3) is 0.292. The molecular weight excluding hydrogens is 464 g/mol. The number of benzene rings is 2. The Bertz CT molecular complexity index is 1160. The number of carboxylic acid groups (broad SMARTS) is 1. The second-order valence-electron chi connectivity index (χ2n) is 7.39. The summed E-state index contributed by atoms with van der Waals surface area (Å²) in [5.41, 5.74) is 2.36. The van der Waals surface area contributed by atoms with Crippen molar-refractivity contribution in [2.45, 2.75) is 19.8 Å². The predicted molar refractivity (Wildman–Crippen MR) is 131 cm³/mol. The van der Waals surface area contributed by atoms with Gasteiger partial charge in [0.15, 0.2) is 18.1 Å². The van der Waals surface area contributed by atoms with Crippen LogP contribution >= 0.6 is 22.9 Å². The molecule has 0 aliphatic carbocycles. The van der Waals surface area contributed by atoms with E-state index in [0.717, 1.165) is 26.4 Å². The van der Waals surface area contributed by atoms with E-state index in [-0.39, 0.29) is 24.7 Å². The Morgan fingerprint density at radius 1 is 1.18 bits per heavy atom. The Balaban J connectivity index is 1.99. The molecule has 0 spiro atoms. The highest BCUT2D eigenvalue weighted by Crippen LogP contribution is 2.39. The summed E-state index contributed by atoms with van der Waals surface area (Å²) in [6, 6.07) is 11.2. The molecule has 2 aromatic carbocycles. The van der Waals surface area contributed by atoms with Gasteiger partial charge in [-0.2, -0.15) is 0 Å². The molecule has 1 aromatic heterocycles. The Labute approximate surface area is 201 Å². The average Bonchev–Trinajstić information content (AvgIpc) is 3.20. The zero-order valence-electron chi connectivity index (χ0n) is 18.6. The Hall–Kier alpha value is -3.10. The number of thiazole rings is 1. The molecule has 0 saturated carbocycles. The maximum absolute atomic E-state index is 11.9.